The number of sulfonamides is 1. The predicted molar refractivity (Wildman–Crippen MR) is 80.0 cm³/mol. The number of likely N-dealkylation sites (N-methyl/N-ethyl adjacent to an activating group) is 1. The molecule has 0 aromatic heterocycles. The van der Waals surface area contributed by atoms with Crippen LogP contribution in [0.1, 0.15) is 0 Å². The molecule has 0 saturated heterocycles. The van der Waals surface area contributed by atoms with Crippen LogP contribution in [0.4, 0.5) is 10.1 Å². The maximum Gasteiger partial charge on any atom is 0.239 e. The van der Waals surface area contributed by atoms with Crippen molar-refractivity contribution in [3.05, 3.63) is 30.1 Å². The molecule has 0 spiro atoms. The summed E-state index contributed by atoms with van der Waals surface area (Å²) in [7, 11) is 0.168. The van der Waals surface area contributed by atoms with Gasteiger partial charge in [-0.1, -0.05) is 0 Å². The number of hydrogen-bond donors (Lipinski definition) is 1. The van der Waals surface area contributed by atoms with Crippen molar-refractivity contribution in [1.29, 1.82) is 0 Å². The van der Waals surface area contributed by atoms with Gasteiger partial charge >= 0.3 is 0 Å². The Morgan fingerprint density at radius 1 is 1.19 bits per heavy atom. The first-order valence-electron chi connectivity index (χ1n) is 6.34. The average molecular weight is 317 g/mol. The fourth-order valence-electron chi connectivity index (χ4n) is 1.57. The number of rotatable bonds is 7. The lowest BCUT2D eigenvalue weighted by atomic mass is 10.3. The zero-order valence-electron chi connectivity index (χ0n) is 12.3. The SMILES string of the molecule is CN(C)CCN(CC(=O)Nc1ccc(F)cc1)S(C)(=O)=O. The minimum atomic E-state index is -3.47. The van der Waals surface area contributed by atoms with E-state index in [9.17, 15) is 17.6 Å². The molecular weight excluding hydrogens is 297 g/mol. The van der Waals surface area contributed by atoms with Crippen LogP contribution in [0.15, 0.2) is 24.3 Å². The van der Waals surface area contributed by atoms with Crippen LogP contribution >= 0.6 is 0 Å². The second-order valence-corrected chi connectivity index (χ2v) is 6.94. The summed E-state index contributed by atoms with van der Waals surface area (Å²) in [5.74, 6) is -0.873. The van der Waals surface area contributed by atoms with Crippen LogP contribution in [0.3, 0.4) is 0 Å². The molecule has 1 rings (SSSR count). The lowest BCUT2D eigenvalue weighted by Gasteiger charge is -2.21. The van der Waals surface area contributed by atoms with Gasteiger partial charge in [-0.2, -0.15) is 4.31 Å². The number of amides is 1. The van der Waals surface area contributed by atoms with E-state index >= 15 is 0 Å². The van der Waals surface area contributed by atoms with Crippen LogP contribution < -0.4 is 5.32 Å². The van der Waals surface area contributed by atoms with Crippen molar-refractivity contribution in [3.8, 4) is 0 Å². The van der Waals surface area contributed by atoms with E-state index in [2.05, 4.69) is 5.32 Å². The van der Waals surface area contributed by atoms with Gasteiger partial charge in [0.25, 0.3) is 0 Å². The molecule has 0 aliphatic rings. The maximum atomic E-state index is 12.8. The molecule has 0 fully saturated rings. The Kier molecular flexibility index (Phi) is 6.25. The van der Waals surface area contributed by atoms with Crippen LogP contribution in [0.25, 0.3) is 0 Å². The Hall–Kier alpha value is -1.51. The van der Waals surface area contributed by atoms with E-state index in [1.54, 1.807) is 0 Å². The molecule has 1 N–H and O–H groups in total. The quantitative estimate of drug-likeness (QED) is 0.799. The lowest BCUT2D eigenvalue weighted by Crippen LogP contribution is -2.41. The Morgan fingerprint density at radius 3 is 2.24 bits per heavy atom. The molecule has 0 saturated carbocycles. The van der Waals surface area contributed by atoms with Crippen LogP contribution in [0.5, 0.6) is 0 Å². The lowest BCUT2D eigenvalue weighted by molar-refractivity contribution is -0.116. The molecule has 0 aliphatic carbocycles. The molecule has 0 atom stereocenters. The minimum Gasteiger partial charge on any atom is -0.325 e. The normalized spacial score (nSPS) is 11.9. The van der Waals surface area contributed by atoms with E-state index in [1.807, 2.05) is 19.0 Å². The number of halogens is 1. The summed E-state index contributed by atoms with van der Waals surface area (Å²) >= 11 is 0. The smallest absolute Gasteiger partial charge is 0.239 e. The fraction of sp³-hybridized carbons (Fsp3) is 0.462. The number of nitrogens with zero attached hydrogens (tertiary/aromatic N) is 2. The molecule has 0 bridgehead atoms. The Labute approximate surface area is 124 Å². The molecule has 0 unspecified atom stereocenters. The van der Waals surface area contributed by atoms with Crippen molar-refractivity contribution < 1.29 is 17.6 Å². The average Bonchev–Trinajstić information content (AvgIpc) is 2.35. The van der Waals surface area contributed by atoms with E-state index in [1.165, 1.54) is 24.3 Å². The third kappa shape index (κ3) is 6.65. The van der Waals surface area contributed by atoms with Crippen LogP contribution in [-0.4, -0.2) is 63.5 Å². The summed E-state index contributed by atoms with van der Waals surface area (Å²) in [6.45, 7) is 0.462. The molecule has 21 heavy (non-hydrogen) atoms. The van der Waals surface area contributed by atoms with Gasteiger partial charge in [-0.3, -0.25) is 4.79 Å². The van der Waals surface area contributed by atoms with Crippen molar-refractivity contribution in [2.24, 2.45) is 0 Å². The topological polar surface area (TPSA) is 69.7 Å². The highest BCUT2D eigenvalue weighted by Gasteiger charge is 2.20. The van der Waals surface area contributed by atoms with Gasteiger partial charge in [0.2, 0.25) is 15.9 Å². The third-order valence-electron chi connectivity index (χ3n) is 2.71. The van der Waals surface area contributed by atoms with Gasteiger partial charge in [-0.15, -0.1) is 0 Å². The molecule has 6 nitrogen and oxygen atoms in total. The summed E-state index contributed by atoms with van der Waals surface area (Å²) in [5, 5.41) is 2.53. The van der Waals surface area contributed by atoms with Crippen molar-refractivity contribution in [2.75, 3.05) is 45.3 Å². The molecule has 118 valence electrons. The summed E-state index contributed by atoms with van der Waals surface area (Å²) in [6.07, 6.45) is 1.06. The highest BCUT2D eigenvalue weighted by Crippen LogP contribution is 2.08. The van der Waals surface area contributed by atoms with Crippen molar-refractivity contribution in [2.45, 2.75) is 0 Å². The molecule has 0 heterocycles. The van der Waals surface area contributed by atoms with E-state index in [0.29, 0.717) is 12.2 Å². The van der Waals surface area contributed by atoms with Crippen molar-refractivity contribution in [3.63, 3.8) is 0 Å². The number of carbonyl (C=O) groups excluding carboxylic acids is 1. The highest BCUT2D eigenvalue weighted by atomic mass is 32.2. The Morgan fingerprint density at radius 2 is 1.76 bits per heavy atom. The van der Waals surface area contributed by atoms with E-state index in [4.69, 9.17) is 0 Å². The molecule has 1 aromatic carbocycles. The van der Waals surface area contributed by atoms with E-state index in [0.717, 1.165) is 10.6 Å². The molecule has 8 heteroatoms. The van der Waals surface area contributed by atoms with Gasteiger partial charge in [0, 0.05) is 18.8 Å². The molecule has 0 aliphatic heterocycles. The maximum absolute atomic E-state index is 12.8. The van der Waals surface area contributed by atoms with Crippen LogP contribution in [0, 0.1) is 5.82 Å². The first kappa shape index (κ1) is 17.5. The number of anilines is 1. The standard InChI is InChI=1S/C13H20FN3O3S/c1-16(2)8-9-17(21(3,19)20)10-13(18)15-12-6-4-11(14)5-7-12/h4-7H,8-10H2,1-3H3,(H,15,18). The number of carbonyl (C=O) groups is 1. The third-order valence-corrected chi connectivity index (χ3v) is 3.96. The second-order valence-electron chi connectivity index (χ2n) is 4.95. The number of benzene rings is 1. The van der Waals surface area contributed by atoms with E-state index < -0.39 is 21.7 Å². The summed E-state index contributed by atoms with van der Waals surface area (Å²) in [4.78, 5) is 13.7. The van der Waals surface area contributed by atoms with Gasteiger partial charge in [-0.05, 0) is 38.4 Å². The molecule has 1 aromatic rings. The fourth-order valence-corrected chi connectivity index (χ4v) is 2.33. The van der Waals surface area contributed by atoms with Gasteiger partial charge < -0.3 is 10.2 Å². The van der Waals surface area contributed by atoms with Gasteiger partial charge in [-0.25, -0.2) is 12.8 Å². The van der Waals surface area contributed by atoms with Gasteiger partial charge in [0.1, 0.15) is 5.82 Å². The molecule has 1 amide bonds. The summed E-state index contributed by atoms with van der Waals surface area (Å²) in [5.41, 5.74) is 0.419. The highest BCUT2D eigenvalue weighted by molar-refractivity contribution is 7.88. The van der Waals surface area contributed by atoms with Gasteiger partial charge in [0.15, 0.2) is 0 Å². The van der Waals surface area contributed by atoms with Crippen LogP contribution in [0.2, 0.25) is 0 Å². The largest absolute Gasteiger partial charge is 0.325 e. The van der Waals surface area contributed by atoms with E-state index in [-0.39, 0.29) is 13.1 Å². The second kappa shape index (κ2) is 7.48. The van der Waals surface area contributed by atoms with Crippen molar-refractivity contribution >= 4 is 21.6 Å². The predicted octanol–water partition coefficient (Wildman–Crippen LogP) is 0.587. The first-order valence-corrected chi connectivity index (χ1v) is 8.18. The zero-order valence-corrected chi connectivity index (χ0v) is 13.2. The molecular formula is C13H20FN3O3S. The monoisotopic (exact) mass is 317 g/mol. The number of hydrogen-bond acceptors (Lipinski definition) is 4. The van der Waals surface area contributed by atoms with Crippen LogP contribution in [-0.2, 0) is 14.8 Å². The summed E-state index contributed by atoms with van der Waals surface area (Å²) in [6, 6.07) is 5.27. The minimum absolute atomic E-state index is 0.225. The Bertz CT molecular complexity index is 573. The van der Waals surface area contributed by atoms with Gasteiger partial charge in [0.05, 0.1) is 12.8 Å². The Balaban J connectivity index is 2.65. The summed E-state index contributed by atoms with van der Waals surface area (Å²) < 4.78 is 37.2. The first-order chi connectivity index (χ1) is 9.68. The molecule has 0 radical (unpaired) electrons. The zero-order chi connectivity index (χ0) is 16.0. The van der Waals surface area contributed by atoms with Crippen molar-refractivity contribution in [1.82, 2.24) is 9.21 Å². The number of nitrogens with one attached hydrogen (secondary N) is 1.